The minimum absolute atomic E-state index is 0.162. The fourth-order valence-electron chi connectivity index (χ4n) is 6.17. The first-order chi connectivity index (χ1) is 22.4. The van der Waals surface area contributed by atoms with E-state index in [1.807, 2.05) is 46.2 Å². The highest BCUT2D eigenvalue weighted by Crippen LogP contribution is 2.39. The number of hydrogen-bond donors (Lipinski definition) is 2. The number of aryl methyl sites for hydroxylation is 1. The zero-order chi connectivity index (χ0) is 35.2. The van der Waals surface area contributed by atoms with E-state index in [1.54, 1.807) is 28.9 Å². The van der Waals surface area contributed by atoms with Crippen molar-refractivity contribution < 1.29 is 17.9 Å². The molecular weight excluding hydrogens is 629 g/mol. The predicted molar refractivity (Wildman–Crippen MR) is 190 cm³/mol. The van der Waals surface area contributed by atoms with Crippen LogP contribution in [0.5, 0.6) is 5.75 Å². The molecule has 0 atom stereocenters. The fourth-order valence-corrected chi connectivity index (χ4v) is 6.72. The molecule has 2 aromatic heterocycles. The van der Waals surface area contributed by atoms with E-state index in [1.165, 1.54) is 7.11 Å². The smallest absolute Gasteiger partial charge is 0.255 e. The second-order valence-electron chi connectivity index (χ2n) is 14.7. The minimum Gasteiger partial charge on any atom is -0.492 e. The summed E-state index contributed by atoms with van der Waals surface area (Å²) >= 11 is 0. The molecule has 4 aromatic rings. The van der Waals surface area contributed by atoms with Gasteiger partial charge in [0.2, 0.25) is 10.0 Å². The van der Waals surface area contributed by atoms with Gasteiger partial charge in [-0.2, -0.15) is 5.10 Å². The minimum atomic E-state index is -3.61. The Balaban J connectivity index is 1.40. The summed E-state index contributed by atoms with van der Waals surface area (Å²) in [4.78, 5) is 16.2. The number of methoxy groups -OCH3 is 1. The Morgan fingerprint density at radius 1 is 1.00 bits per heavy atom. The van der Waals surface area contributed by atoms with Gasteiger partial charge in [-0.3, -0.25) is 19.1 Å². The number of likely N-dealkylation sites (tertiary alicyclic amines) is 1. The molecule has 5 rings (SSSR count). The second kappa shape index (κ2) is 13.0. The third-order valence-corrected chi connectivity index (χ3v) is 9.58. The van der Waals surface area contributed by atoms with Crippen LogP contribution in [-0.4, -0.2) is 76.0 Å². The van der Waals surface area contributed by atoms with E-state index in [-0.39, 0.29) is 28.3 Å². The third kappa shape index (κ3) is 7.57. The van der Waals surface area contributed by atoms with Gasteiger partial charge in [0.1, 0.15) is 5.69 Å². The van der Waals surface area contributed by atoms with Crippen molar-refractivity contribution in [1.82, 2.24) is 29.7 Å². The maximum atomic E-state index is 13.7. The van der Waals surface area contributed by atoms with Gasteiger partial charge in [-0.25, -0.2) is 13.1 Å². The van der Waals surface area contributed by atoms with Crippen LogP contribution in [0.4, 0.5) is 11.4 Å². The Kier molecular flexibility index (Phi) is 9.50. The normalized spacial score (nSPS) is 15.0. The second-order valence-corrected chi connectivity index (χ2v) is 16.5. The van der Waals surface area contributed by atoms with Gasteiger partial charge in [0, 0.05) is 35.4 Å². The standard InChI is InChI=1S/C35H48N8O4S/c1-22-11-12-24(33(44)37-28-18-25(34(3,4)5)19-29(32(28)47-9)39-48(10,45)46)17-31(22)42-21-30(38-40-42)27-20-36-43(23(27)2)26-13-15-41(16-14-26)35(6,7)8/h11-12,17-21,26,39H,13-16H2,1-10H3,(H,37,44). The van der Waals surface area contributed by atoms with E-state index in [4.69, 9.17) is 9.84 Å². The molecule has 1 aliphatic heterocycles. The van der Waals surface area contributed by atoms with Crippen molar-refractivity contribution in [3.63, 3.8) is 0 Å². The molecule has 0 radical (unpaired) electrons. The first-order valence-corrected chi connectivity index (χ1v) is 18.1. The average Bonchev–Trinajstić information content (AvgIpc) is 3.62. The number of hydrogen-bond acceptors (Lipinski definition) is 8. The Morgan fingerprint density at radius 3 is 2.27 bits per heavy atom. The number of piperidine rings is 1. The average molecular weight is 677 g/mol. The Hall–Kier alpha value is -4.23. The summed E-state index contributed by atoms with van der Waals surface area (Å²) in [5, 5.41) is 16.6. The number of nitrogens with one attached hydrogen (secondary N) is 2. The van der Waals surface area contributed by atoms with E-state index in [0.717, 1.165) is 54.6 Å². The zero-order valence-electron chi connectivity index (χ0n) is 29.7. The summed E-state index contributed by atoms with van der Waals surface area (Å²) in [5.41, 5.74) is 5.93. The van der Waals surface area contributed by atoms with Crippen LogP contribution in [-0.2, 0) is 15.4 Å². The first kappa shape index (κ1) is 35.1. The number of amides is 1. The monoisotopic (exact) mass is 676 g/mol. The molecule has 2 N–H and O–H groups in total. The van der Waals surface area contributed by atoms with Crippen LogP contribution in [0.15, 0.2) is 42.7 Å². The van der Waals surface area contributed by atoms with Crippen molar-refractivity contribution in [2.24, 2.45) is 0 Å². The summed E-state index contributed by atoms with van der Waals surface area (Å²) in [6, 6.07) is 9.23. The highest BCUT2D eigenvalue weighted by Gasteiger charge is 2.29. The molecule has 0 unspecified atom stereocenters. The third-order valence-electron chi connectivity index (χ3n) is 8.99. The maximum absolute atomic E-state index is 13.7. The quantitative estimate of drug-likeness (QED) is 0.228. The van der Waals surface area contributed by atoms with E-state index in [0.29, 0.717) is 28.7 Å². The van der Waals surface area contributed by atoms with Gasteiger partial charge in [0.25, 0.3) is 5.91 Å². The lowest BCUT2D eigenvalue weighted by molar-refractivity contribution is 0.0865. The lowest BCUT2D eigenvalue weighted by Crippen LogP contribution is -2.46. The number of rotatable bonds is 8. The lowest BCUT2D eigenvalue weighted by Gasteiger charge is -2.41. The van der Waals surface area contributed by atoms with Crippen molar-refractivity contribution in [1.29, 1.82) is 0 Å². The van der Waals surface area contributed by atoms with Crippen molar-refractivity contribution in [2.75, 3.05) is 36.5 Å². The van der Waals surface area contributed by atoms with Gasteiger partial charge < -0.3 is 10.1 Å². The molecule has 258 valence electrons. The Morgan fingerprint density at radius 2 is 1.67 bits per heavy atom. The Labute approximate surface area is 283 Å². The lowest BCUT2D eigenvalue weighted by atomic mass is 9.86. The number of benzene rings is 2. The SMILES string of the molecule is COc1c(NC(=O)c2ccc(C)c(-n3cc(-c4cnn(C5CCN(C(C)(C)C)CC5)c4C)nn3)c2)cc(C(C)(C)C)cc1NS(C)(=O)=O. The molecule has 1 fully saturated rings. The number of carbonyl (C=O) groups excluding carboxylic acids is 1. The molecular formula is C35H48N8O4S. The van der Waals surface area contributed by atoms with Crippen LogP contribution >= 0.6 is 0 Å². The molecule has 0 bridgehead atoms. The van der Waals surface area contributed by atoms with Gasteiger partial charge in [0.15, 0.2) is 5.75 Å². The summed E-state index contributed by atoms with van der Waals surface area (Å²) < 4.78 is 36.2. The molecule has 0 saturated carbocycles. The van der Waals surface area contributed by atoms with Crippen LogP contribution in [0.25, 0.3) is 16.9 Å². The van der Waals surface area contributed by atoms with E-state index >= 15 is 0 Å². The van der Waals surface area contributed by atoms with E-state index < -0.39 is 10.0 Å². The number of anilines is 2. The molecule has 48 heavy (non-hydrogen) atoms. The number of aromatic nitrogens is 5. The summed E-state index contributed by atoms with van der Waals surface area (Å²) in [7, 11) is -2.18. The predicted octanol–water partition coefficient (Wildman–Crippen LogP) is 6.11. The van der Waals surface area contributed by atoms with Crippen molar-refractivity contribution in [2.45, 2.75) is 85.2 Å². The molecule has 2 aromatic carbocycles. The van der Waals surface area contributed by atoms with Crippen LogP contribution in [0, 0.1) is 13.8 Å². The molecule has 13 heteroatoms. The largest absolute Gasteiger partial charge is 0.492 e. The van der Waals surface area contributed by atoms with Crippen molar-refractivity contribution >= 4 is 27.3 Å². The molecule has 0 aliphatic carbocycles. The molecule has 12 nitrogen and oxygen atoms in total. The van der Waals surface area contributed by atoms with Gasteiger partial charge in [-0.15, -0.1) is 5.10 Å². The molecule has 1 amide bonds. The number of sulfonamides is 1. The highest BCUT2D eigenvalue weighted by molar-refractivity contribution is 7.92. The topological polar surface area (TPSA) is 136 Å². The fraction of sp³-hybridized carbons (Fsp3) is 0.486. The Bertz CT molecular complexity index is 1920. The van der Waals surface area contributed by atoms with Crippen molar-refractivity contribution in [3.8, 4) is 22.7 Å². The van der Waals surface area contributed by atoms with E-state index in [2.05, 4.69) is 57.6 Å². The number of nitrogens with zero attached hydrogens (tertiary/aromatic N) is 6. The molecule has 1 aliphatic rings. The summed E-state index contributed by atoms with van der Waals surface area (Å²) in [6.07, 6.45) is 6.88. The number of carbonyl (C=O) groups is 1. The van der Waals surface area contributed by atoms with Gasteiger partial charge in [-0.1, -0.05) is 32.1 Å². The van der Waals surface area contributed by atoms with Crippen LogP contribution < -0.4 is 14.8 Å². The highest BCUT2D eigenvalue weighted by atomic mass is 32.2. The first-order valence-electron chi connectivity index (χ1n) is 16.2. The molecule has 0 spiro atoms. The summed E-state index contributed by atoms with van der Waals surface area (Å²) in [6.45, 7) is 18.9. The maximum Gasteiger partial charge on any atom is 0.255 e. The van der Waals surface area contributed by atoms with E-state index in [9.17, 15) is 13.2 Å². The van der Waals surface area contributed by atoms with Crippen LogP contribution in [0.3, 0.4) is 0 Å². The van der Waals surface area contributed by atoms with Gasteiger partial charge in [-0.05, 0) is 88.3 Å². The van der Waals surface area contributed by atoms with Gasteiger partial charge in [0.05, 0.1) is 48.9 Å². The van der Waals surface area contributed by atoms with Crippen molar-refractivity contribution in [3.05, 3.63) is 65.1 Å². The molecule has 1 saturated heterocycles. The molecule has 3 heterocycles. The number of ether oxygens (including phenoxy) is 1. The van der Waals surface area contributed by atoms with Crippen LogP contribution in [0.1, 0.15) is 87.6 Å². The summed E-state index contributed by atoms with van der Waals surface area (Å²) in [5.74, 6) is -0.174. The van der Waals surface area contributed by atoms with Gasteiger partial charge >= 0.3 is 0 Å². The van der Waals surface area contributed by atoms with Crippen LogP contribution in [0.2, 0.25) is 0 Å². The zero-order valence-corrected chi connectivity index (χ0v) is 30.5.